The average molecular weight is 467 g/mol. The Balaban J connectivity index is 1.45. The second-order valence-electron chi connectivity index (χ2n) is 9.15. The zero-order valence-electron chi connectivity index (χ0n) is 20.2. The van der Waals surface area contributed by atoms with Gasteiger partial charge in [0.05, 0.1) is 24.8 Å². The third-order valence-corrected chi connectivity index (χ3v) is 6.82. The van der Waals surface area contributed by atoms with E-state index in [2.05, 4.69) is 0 Å². The summed E-state index contributed by atoms with van der Waals surface area (Å²) >= 11 is 0. The van der Waals surface area contributed by atoms with E-state index in [9.17, 15) is 14.4 Å². The molecule has 8 heteroatoms. The van der Waals surface area contributed by atoms with Gasteiger partial charge >= 0.3 is 5.97 Å². The van der Waals surface area contributed by atoms with E-state index >= 15 is 0 Å². The van der Waals surface area contributed by atoms with E-state index in [0.717, 1.165) is 49.0 Å². The van der Waals surface area contributed by atoms with Gasteiger partial charge in [0.15, 0.2) is 5.69 Å². The van der Waals surface area contributed by atoms with E-state index in [1.807, 2.05) is 35.0 Å². The number of hydrogen-bond donors (Lipinski definition) is 0. The fourth-order valence-corrected chi connectivity index (χ4v) is 4.91. The SMILES string of the molecule is CCOC(=O)C1CCN(C(=O)CN(C)C(=O)c2nn(-c3ccccc3)c3c2CCCCC3)CC1. The Morgan fingerprint density at radius 1 is 1.06 bits per heavy atom. The number of nitrogens with zero attached hydrogens (tertiary/aromatic N) is 4. The number of rotatable bonds is 6. The molecule has 0 radical (unpaired) electrons. The van der Waals surface area contributed by atoms with Crippen molar-refractivity contribution in [2.45, 2.75) is 51.9 Å². The number of fused-ring (bicyclic) bond motifs is 1. The third kappa shape index (κ3) is 5.16. The topological polar surface area (TPSA) is 84.7 Å². The molecule has 2 aliphatic rings. The van der Waals surface area contributed by atoms with Gasteiger partial charge < -0.3 is 14.5 Å². The molecule has 0 spiro atoms. The molecule has 34 heavy (non-hydrogen) atoms. The molecule has 0 unspecified atom stereocenters. The van der Waals surface area contributed by atoms with Crippen molar-refractivity contribution in [2.24, 2.45) is 5.92 Å². The number of hydrogen-bond acceptors (Lipinski definition) is 5. The minimum absolute atomic E-state index is 0.00409. The Morgan fingerprint density at radius 3 is 2.47 bits per heavy atom. The normalized spacial score (nSPS) is 16.5. The lowest BCUT2D eigenvalue weighted by Gasteiger charge is -2.32. The zero-order valence-corrected chi connectivity index (χ0v) is 20.2. The maximum atomic E-state index is 13.4. The average Bonchev–Trinajstić information content (AvgIpc) is 3.04. The van der Waals surface area contributed by atoms with Crippen molar-refractivity contribution in [1.82, 2.24) is 19.6 Å². The van der Waals surface area contributed by atoms with Crippen LogP contribution in [-0.2, 0) is 27.2 Å². The van der Waals surface area contributed by atoms with Crippen LogP contribution in [0.3, 0.4) is 0 Å². The molecule has 182 valence electrons. The van der Waals surface area contributed by atoms with Crippen molar-refractivity contribution in [3.05, 3.63) is 47.3 Å². The van der Waals surface area contributed by atoms with Crippen LogP contribution in [-0.4, -0.2) is 70.7 Å². The van der Waals surface area contributed by atoms with Gasteiger partial charge in [0.2, 0.25) is 5.91 Å². The predicted molar refractivity (Wildman–Crippen MR) is 128 cm³/mol. The van der Waals surface area contributed by atoms with Gasteiger partial charge in [-0.05, 0) is 57.6 Å². The number of para-hydroxylation sites is 1. The van der Waals surface area contributed by atoms with Crippen LogP contribution in [0, 0.1) is 5.92 Å². The van der Waals surface area contributed by atoms with Crippen molar-refractivity contribution >= 4 is 17.8 Å². The van der Waals surface area contributed by atoms with Crippen LogP contribution in [0.25, 0.3) is 5.69 Å². The molecule has 0 atom stereocenters. The van der Waals surface area contributed by atoms with Crippen LogP contribution < -0.4 is 0 Å². The molecule has 1 aromatic carbocycles. The highest BCUT2D eigenvalue weighted by Gasteiger charge is 2.31. The molecule has 2 amide bonds. The van der Waals surface area contributed by atoms with E-state index in [-0.39, 0.29) is 30.2 Å². The van der Waals surface area contributed by atoms with Crippen LogP contribution in [0.1, 0.15) is 60.8 Å². The summed E-state index contributed by atoms with van der Waals surface area (Å²) in [6, 6.07) is 9.90. The highest BCUT2D eigenvalue weighted by Crippen LogP contribution is 2.27. The third-order valence-electron chi connectivity index (χ3n) is 6.82. The van der Waals surface area contributed by atoms with Crippen LogP contribution in [0.2, 0.25) is 0 Å². The summed E-state index contributed by atoms with van der Waals surface area (Å²) in [4.78, 5) is 41.5. The standard InChI is InChI=1S/C26H34N4O4/c1-3-34-26(33)19-14-16-29(17-15-19)23(31)18-28(2)25(32)24-21-12-8-5-9-13-22(21)30(27-24)20-10-6-4-7-11-20/h4,6-7,10-11,19H,3,5,8-9,12-18H2,1-2H3. The number of aromatic nitrogens is 2. The number of piperidine rings is 1. The Bertz CT molecular complexity index is 1020. The Labute approximate surface area is 200 Å². The van der Waals surface area contributed by atoms with Gasteiger partial charge in [-0.2, -0.15) is 5.10 Å². The summed E-state index contributed by atoms with van der Waals surface area (Å²) in [5.41, 5.74) is 3.52. The summed E-state index contributed by atoms with van der Waals surface area (Å²) in [7, 11) is 1.66. The van der Waals surface area contributed by atoms with Crippen LogP contribution in [0.5, 0.6) is 0 Å². The molecule has 8 nitrogen and oxygen atoms in total. The van der Waals surface area contributed by atoms with Gasteiger partial charge in [-0.1, -0.05) is 24.6 Å². The number of benzene rings is 1. The summed E-state index contributed by atoms with van der Waals surface area (Å²) < 4.78 is 7.01. The Hall–Kier alpha value is -3.16. The largest absolute Gasteiger partial charge is 0.466 e. The predicted octanol–water partition coefficient (Wildman–Crippen LogP) is 3.01. The van der Waals surface area contributed by atoms with Gasteiger partial charge in [0.1, 0.15) is 0 Å². The first kappa shape index (κ1) is 24.0. The Kier molecular flexibility index (Phi) is 7.65. The molecule has 0 bridgehead atoms. The molecule has 1 aromatic heterocycles. The molecule has 1 saturated heterocycles. The van der Waals surface area contributed by atoms with Crippen LogP contribution in [0.15, 0.2) is 30.3 Å². The zero-order chi connectivity index (χ0) is 24.1. The monoisotopic (exact) mass is 466 g/mol. The number of likely N-dealkylation sites (tertiary alicyclic amines) is 1. The van der Waals surface area contributed by atoms with Gasteiger partial charge in [0.25, 0.3) is 5.91 Å². The lowest BCUT2D eigenvalue weighted by Crippen LogP contribution is -2.45. The number of ether oxygens (including phenoxy) is 1. The minimum atomic E-state index is -0.220. The molecule has 0 saturated carbocycles. The van der Waals surface area contributed by atoms with Crippen molar-refractivity contribution in [1.29, 1.82) is 0 Å². The first-order valence-electron chi connectivity index (χ1n) is 12.4. The quantitative estimate of drug-likeness (QED) is 0.483. The molecule has 2 aromatic rings. The highest BCUT2D eigenvalue weighted by atomic mass is 16.5. The van der Waals surface area contributed by atoms with Gasteiger partial charge in [-0.3, -0.25) is 14.4 Å². The fourth-order valence-electron chi connectivity index (χ4n) is 4.91. The lowest BCUT2D eigenvalue weighted by molar-refractivity contribution is -0.151. The second kappa shape index (κ2) is 10.8. The molecule has 1 fully saturated rings. The van der Waals surface area contributed by atoms with E-state index in [4.69, 9.17) is 9.84 Å². The summed E-state index contributed by atoms with van der Waals surface area (Å²) in [6.45, 7) is 3.17. The summed E-state index contributed by atoms with van der Waals surface area (Å²) in [5, 5.41) is 4.74. The minimum Gasteiger partial charge on any atom is -0.466 e. The molecule has 1 aliphatic heterocycles. The first-order chi connectivity index (χ1) is 16.5. The number of carbonyl (C=O) groups excluding carboxylic acids is 3. The summed E-state index contributed by atoms with van der Waals surface area (Å²) in [5.74, 6) is -0.660. The highest BCUT2D eigenvalue weighted by molar-refractivity contribution is 5.96. The number of esters is 1. The van der Waals surface area contributed by atoms with E-state index in [1.54, 1.807) is 18.9 Å². The maximum Gasteiger partial charge on any atom is 0.309 e. The number of likely N-dealkylation sites (N-methyl/N-ethyl adjacent to an activating group) is 1. The fraction of sp³-hybridized carbons (Fsp3) is 0.538. The summed E-state index contributed by atoms with van der Waals surface area (Å²) in [6.07, 6.45) is 6.15. The molecular weight excluding hydrogens is 432 g/mol. The van der Waals surface area contributed by atoms with Crippen LogP contribution in [0.4, 0.5) is 0 Å². The van der Waals surface area contributed by atoms with Crippen molar-refractivity contribution < 1.29 is 19.1 Å². The van der Waals surface area contributed by atoms with Crippen LogP contribution >= 0.6 is 0 Å². The van der Waals surface area contributed by atoms with Gasteiger partial charge in [-0.15, -0.1) is 0 Å². The van der Waals surface area contributed by atoms with Crippen molar-refractivity contribution in [3.8, 4) is 5.69 Å². The van der Waals surface area contributed by atoms with Gasteiger partial charge in [-0.25, -0.2) is 4.68 Å². The van der Waals surface area contributed by atoms with E-state index < -0.39 is 0 Å². The van der Waals surface area contributed by atoms with Crippen molar-refractivity contribution in [3.63, 3.8) is 0 Å². The molecular formula is C26H34N4O4. The first-order valence-corrected chi connectivity index (χ1v) is 12.4. The molecule has 1 aliphatic carbocycles. The van der Waals surface area contributed by atoms with E-state index in [0.29, 0.717) is 38.2 Å². The van der Waals surface area contributed by atoms with Gasteiger partial charge in [0, 0.05) is 31.4 Å². The van der Waals surface area contributed by atoms with Crippen molar-refractivity contribution in [2.75, 3.05) is 33.3 Å². The second-order valence-corrected chi connectivity index (χ2v) is 9.15. The Morgan fingerprint density at radius 2 is 1.76 bits per heavy atom. The smallest absolute Gasteiger partial charge is 0.309 e. The number of carbonyl (C=O) groups is 3. The molecule has 0 N–H and O–H groups in total. The lowest BCUT2D eigenvalue weighted by atomic mass is 9.97. The number of amides is 2. The molecule has 2 heterocycles. The maximum absolute atomic E-state index is 13.4. The molecule has 4 rings (SSSR count). The van der Waals surface area contributed by atoms with E-state index in [1.165, 1.54) is 4.90 Å².